The molecule has 130 valence electrons. The number of anilines is 3. The molecule has 1 aromatic carbocycles. The van der Waals surface area contributed by atoms with Crippen LogP contribution in [-0.2, 0) is 4.79 Å². The van der Waals surface area contributed by atoms with E-state index in [1.165, 1.54) is 23.1 Å². The fourth-order valence-corrected chi connectivity index (χ4v) is 4.17. The number of aryl methyl sites for hydroxylation is 1. The summed E-state index contributed by atoms with van der Waals surface area (Å²) < 4.78 is 6.61. The molecule has 3 rings (SSSR count). The molecule has 10 heteroatoms. The lowest BCUT2D eigenvalue weighted by atomic mass is 10.3. The number of benzene rings is 1. The number of hydrogen-bond acceptors (Lipinski definition) is 8. The molecule has 0 spiro atoms. The zero-order valence-electron chi connectivity index (χ0n) is 13.3. The first-order valence-corrected chi connectivity index (χ1v) is 9.75. The fourth-order valence-electron chi connectivity index (χ4n) is 1.86. The molecule has 2 aromatic heterocycles. The Labute approximate surface area is 160 Å². The quantitative estimate of drug-likeness (QED) is 0.547. The maximum atomic E-state index is 12.2. The Kier molecular flexibility index (Phi) is 5.71. The molecule has 0 radical (unpaired) electrons. The number of nitrogens with one attached hydrogen (secondary N) is 2. The molecule has 3 aromatic rings. The molecular formula is C15H14BrN5O2S2. The number of carbonyl (C=O) groups is 1. The van der Waals surface area contributed by atoms with Crippen LogP contribution in [-0.4, -0.2) is 26.5 Å². The molecule has 0 aliphatic rings. The van der Waals surface area contributed by atoms with Crippen LogP contribution in [0.1, 0.15) is 12.7 Å². The maximum Gasteiger partial charge on any atom is 0.238 e. The van der Waals surface area contributed by atoms with Crippen molar-refractivity contribution in [3.63, 3.8) is 0 Å². The fraction of sp³-hybridized carbons (Fsp3) is 0.200. The van der Waals surface area contributed by atoms with Gasteiger partial charge in [-0.25, -0.2) is 0 Å². The van der Waals surface area contributed by atoms with Crippen molar-refractivity contribution in [3.8, 4) is 0 Å². The van der Waals surface area contributed by atoms with Crippen LogP contribution in [0.25, 0.3) is 0 Å². The van der Waals surface area contributed by atoms with E-state index in [-0.39, 0.29) is 11.2 Å². The van der Waals surface area contributed by atoms with E-state index < -0.39 is 0 Å². The van der Waals surface area contributed by atoms with Gasteiger partial charge < -0.3 is 15.2 Å². The van der Waals surface area contributed by atoms with Crippen molar-refractivity contribution < 1.29 is 9.32 Å². The second kappa shape index (κ2) is 7.98. The maximum absolute atomic E-state index is 12.2. The van der Waals surface area contributed by atoms with Crippen molar-refractivity contribution in [1.82, 2.24) is 15.4 Å². The van der Waals surface area contributed by atoms with Gasteiger partial charge in [0, 0.05) is 16.2 Å². The van der Waals surface area contributed by atoms with E-state index >= 15 is 0 Å². The van der Waals surface area contributed by atoms with E-state index in [0.717, 1.165) is 10.2 Å². The number of carbonyl (C=O) groups excluding carboxylic acids is 1. The number of amides is 1. The van der Waals surface area contributed by atoms with Crippen LogP contribution in [0, 0.1) is 6.92 Å². The summed E-state index contributed by atoms with van der Waals surface area (Å²) in [6.07, 6.45) is 0. The molecule has 25 heavy (non-hydrogen) atoms. The monoisotopic (exact) mass is 439 g/mol. The minimum Gasteiger partial charge on any atom is -0.360 e. The van der Waals surface area contributed by atoms with Gasteiger partial charge in [-0.15, -0.1) is 10.2 Å². The van der Waals surface area contributed by atoms with E-state index in [1.54, 1.807) is 19.9 Å². The van der Waals surface area contributed by atoms with E-state index in [4.69, 9.17) is 4.52 Å². The van der Waals surface area contributed by atoms with E-state index in [1.807, 2.05) is 24.3 Å². The largest absolute Gasteiger partial charge is 0.360 e. The van der Waals surface area contributed by atoms with Gasteiger partial charge in [0.1, 0.15) is 5.76 Å². The van der Waals surface area contributed by atoms with Gasteiger partial charge in [-0.05, 0) is 32.0 Å². The summed E-state index contributed by atoms with van der Waals surface area (Å²) in [4.78, 5) is 12.2. The van der Waals surface area contributed by atoms with Crippen molar-refractivity contribution in [3.05, 3.63) is 40.6 Å². The molecule has 1 unspecified atom stereocenters. The number of hydrogen-bond donors (Lipinski definition) is 2. The zero-order chi connectivity index (χ0) is 17.8. The zero-order valence-corrected chi connectivity index (χ0v) is 16.5. The molecule has 1 atom stereocenters. The highest BCUT2D eigenvalue weighted by Crippen LogP contribution is 2.31. The van der Waals surface area contributed by atoms with Gasteiger partial charge in [-0.1, -0.05) is 50.3 Å². The Hall–Kier alpha value is -1.91. The molecule has 0 bridgehead atoms. The van der Waals surface area contributed by atoms with E-state index in [9.17, 15) is 4.79 Å². The predicted molar refractivity (Wildman–Crippen MR) is 103 cm³/mol. The number of thioether (sulfide) groups is 1. The SMILES string of the molecule is Cc1cc(NC(=O)C(C)Sc2nnc(Nc3cccc(Br)c3)s2)no1. The van der Waals surface area contributed by atoms with Gasteiger partial charge in [0.2, 0.25) is 11.0 Å². The van der Waals surface area contributed by atoms with E-state index in [0.29, 0.717) is 21.0 Å². The lowest BCUT2D eigenvalue weighted by Crippen LogP contribution is -2.22. The summed E-state index contributed by atoms with van der Waals surface area (Å²) in [6.45, 7) is 3.57. The number of aromatic nitrogens is 3. The van der Waals surface area contributed by atoms with Gasteiger partial charge in [0.25, 0.3) is 0 Å². The second-order valence-corrected chi connectivity index (χ2v) is 8.56. The van der Waals surface area contributed by atoms with Gasteiger partial charge in [-0.3, -0.25) is 4.79 Å². The molecule has 0 aliphatic heterocycles. The molecule has 7 nitrogen and oxygen atoms in total. The third kappa shape index (κ3) is 5.03. The first kappa shape index (κ1) is 17.9. The first-order chi connectivity index (χ1) is 12.0. The smallest absolute Gasteiger partial charge is 0.238 e. The third-order valence-corrected chi connectivity index (χ3v) is 5.52. The van der Waals surface area contributed by atoms with Gasteiger partial charge in [0.05, 0.1) is 5.25 Å². The molecule has 0 saturated heterocycles. The third-order valence-electron chi connectivity index (χ3n) is 3.01. The average Bonchev–Trinajstić information content (AvgIpc) is 3.16. The predicted octanol–water partition coefficient (Wildman–Crippen LogP) is 4.46. The van der Waals surface area contributed by atoms with Crippen LogP contribution >= 0.6 is 39.0 Å². The molecule has 0 fully saturated rings. The summed E-state index contributed by atoms with van der Waals surface area (Å²) in [5.74, 6) is 0.877. The normalized spacial score (nSPS) is 12.0. The van der Waals surface area contributed by atoms with Crippen LogP contribution < -0.4 is 10.6 Å². The van der Waals surface area contributed by atoms with Crippen molar-refractivity contribution in [1.29, 1.82) is 0 Å². The second-order valence-electron chi connectivity index (χ2n) is 5.08. The van der Waals surface area contributed by atoms with Crippen LogP contribution in [0.2, 0.25) is 0 Å². The van der Waals surface area contributed by atoms with Gasteiger partial charge in [-0.2, -0.15) is 0 Å². The summed E-state index contributed by atoms with van der Waals surface area (Å²) in [6, 6.07) is 9.43. The highest BCUT2D eigenvalue weighted by atomic mass is 79.9. The van der Waals surface area contributed by atoms with Crippen molar-refractivity contribution in [2.45, 2.75) is 23.4 Å². The Morgan fingerprint density at radius 1 is 1.36 bits per heavy atom. The minimum absolute atomic E-state index is 0.171. The average molecular weight is 440 g/mol. The minimum atomic E-state index is -0.344. The summed E-state index contributed by atoms with van der Waals surface area (Å²) >= 11 is 6.15. The summed E-state index contributed by atoms with van der Waals surface area (Å²) in [5.41, 5.74) is 0.911. The van der Waals surface area contributed by atoms with E-state index in [2.05, 4.69) is 41.9 Å². The first-order valence-electron chi connectivity index (χ1n) is 7.26. The molecule has 2 N–H and O–H groups in total. The number of halogens is 1. The Morgan fingerprint density at radius 2 is 2.20 bits per heavy atom. The van der Waals surface area contributed by atoms with Crippen molar-refractivity contribution in [2.75, 3.05) is 10.6 Å². The molecule has 0 saturated carbocycles. The Balaban J connectivity index is 1.57. The Morgan fingerprint density at radius 3 is 2.92 bits per heavy atom. The summed E-state index contributed by atoms with van der Waals surface area (Å²) in [7, 11) is 0. The summed E-state index contributed by atoms with van der Waals surface area (Å²) in [5, 5.41) is 18.2. The molecule has 2 heterocycles. The van der Waals surface area contributed by atoms with Crippen molar-refractivity contribution >= 4 is 61.6 Å². The van der Waals surface area contributed by atoms with Gasteiger partial charge >= 0.3 is 0 Å². The highest BCUT2D eigenvalue weighted by Gasteiger charge is 2.18. The Bertz CT molecular complexity index is 882. The van der Waals surface area contributed by atoms with Crippen molar-refractivity contribution in [2.24, 2.45) is 0 Å². The standard InChI is InChI=1S/C15H14BrN5O2S2/c1-8-6-12(21-23-8)18-13(22)9(2)24-15-20-19-14(25-15)17-11-5-3-4-10(16)7-11/h3-7,9H,1-2H3,(H,17,19)(H,18,21,22). The lowest BCUT2D eigenvalue weighted by Gasteiger charge is -2.07. The molecule has 1 amide bonds. The number of rotatable bonds is 6. The highest BCUT2D eigenvalue weighted by molar-refractivity contribution is 9.10. The van der Waals surface area contributed by atoms with Crippen LogP contribution in [0.5, 0.6) is 0 Å². The van der Waals surface area contributed by atoms with Gasteiger partial charge in [0.15, 0.2) is 10.2 Å². The molecule has 0 aliphatic carbocycles. The topological polar surface area (TPSA) is 92.9 Å². The lowest BCUT2D eigenvalue weighted by molar-refractivity contribution is -0.115. The van der Waals surface area contributed by atoms with Crippen LogP contribution in [0.4, 0.5) is 16.6 Å². The number of nitrogens with zero attached hydrogens (tertiary/aromatic N) is 3. The van der Waals surface area contributed by atoms with Crippen LogP contribution in [0.15, 0.2) is 43.7 Å². The molecular weight excluding hydrogens is 426 g/mol. The van der Waals surface area contributed by atoms with Crippen LogP contribution in [0.3, 0.4) is 0 Å².